The van der Waals surface area contributed by atoms with Gasteiger partial charge in [0.25, 0.3) is 0 Å². The third-order valence-corrected chi connectivity index (χ3v) is 8.64. The Balaban J connectivity index is 1.30. The molecule has 0 bridgehead atoms. The molecule has 5 aromatic rings. The van der Waals surface area contributed by atoms with E-state index in [1.165, 1.54) is 0 Å². The van der Waals surface area contributed by atoms with Gasteiger partial charge in [-0.3, -0.25) is 14.5 Å². The summed E-state index contributed by atoms with van der Waals surface area (Å²) >= 11 is 6.10. The number of anilines is 1. The minimum absolute atomic E-state index is 0.162. The number of amides is 1. The van der Waals surface area contributed by atoms with Gasteiger partial charge in [0.15, 0.2) is 5.69 Å². The Morgan fingerprint density at radius 3 is 2.39 bits per heavy atom. The summed E-state index contributed by atoms with van der Waals surface area (Å²) in [6.07, 6.45) is 0.654. The number of rotatable bonds is 12. The van der Waals surface area contributed by atoms with Crippen LogP contribution in [0.15, 0.2) is 77.2 Å². The zero-order chi connectivity index (χ0) is 28.8. The number of oxazole rings is 1. The number of hydrogen-bond donors (Lipinski definition) is 2. The van der Waals surface area contributed by atoms with Crippen molar-refractivity contribution in [1.82, 2.24) is 15.2 Å². The van der Waals surface area contributed by atoms with Crippen LogP contribution in [0.2, 0.25) is 5.02 Å². The second-order valence-electron chi connectivity index (χ2n) is 9.27. The summed E-state index contributed by atoms with van der Waals surface area (Å²) in [6.45, 7) is 4.16. The van der Waals surface area contributed by atoms with Gasteiger partial charge < -0.3 is 18.8 Å². The van der Waals surface area contributed by atoms with Crippen molar-refractivity contribution in [2.24, 2.45) is 0 Å². The second-order valence-corrected chi connectivity index (χ2v) is 11.8. The minimum atomic E-state index is -3.21. The van der Waals surface area contributed by atoms with E-state index in [4.69, 9.17) is 30.0 Å². The number of nitrogens with zero attached hydrogens (tertiary/aromatic N) is 2. The normalized spacial score (nSPS) is 11.7. The number of halogens is 1. The van der Waals surface area contributed by atoms with Gasteiger partial charge in [0, 0.05) is 34.5 Å². The fourth-order valence-corrected chi connectivity index (χ4v) is 6.30. The summed E-state index contributed by atoms with van der Waals surface area (Å²) in [5.74, 6) is 0.759. The molecular formula is C30H30ClN4O5P. The first kappa shape index (κ1) is 28.8. The van der Waals surface area contributed by atoms with Crippen molar-refractivity contribution in [2.75, 3.05) is 18.5 Å². The van der Waals surface area contributed by atoms with Crippen LogP contribution in [0.1, 0.15) is 31.6 Å². The number of carbonyl (C=O) groups is 1. The fraction of sp³-hybridized carbons (Fsp3) is 0.233. The first-order valence-corrected chi connectivity index (χ1v) is 15.4. The van der Waals surface area contributed by atoms with Gasteiger partial charge in [-0.05, 0) is 49.7 Å². The summed E-state index contributed by atoms with van der Waals surface area (Å²) < 4.78 is 29.8. The highest BCUT2D eigenvalue weighted by molar-refractivity contribution is 7.53. The van der Waals surface area contributed by atoms with Crippen LogP contribution >= 0.6 is 19.2 Å². The maximum atomic E-state index is 12.9. The Morgan fingerprint density at radius 2 is 1.68 bits per heavy atom. The van der Waals surface area contributed by atoms with Crippen LogP contribution in [0.3, 0.4) is 0 Å². The number of nitrogens with one attached hydrogen (secondary N) is 2. The van der Waals surface area contributed by atoms with E-state index in [2.05, 4.69) is 15.5 Å². The van der Waals surface area contributed by atoms with E-state index in [1.54, 1.807) is 50.2 Å². The largest absolute Gasteiger partial charge is 0.439 e. The average Bonchev–Trinajstić information content (AvgIpc) is 3.58. The highest BCUT2D eigenvalue weighted by Crippen LogP contribution is 2.51. The highest BCUT2D eigenvalue weighted by Gasteiger charge is 2.24. The number of H-pyrrole nitrogens is 1. The second kappa shape index (κ2) is 12.8. The van der Waals surface area contributed by atoms with Gasteiger partial charge in [-0.1, -0.05) is 54.1 Å². The maximum Gasteiger partial charge on any atom is 0.335 e. The first-order valence-electron chi connectivity index (χ1n) is 13.3. The molecule has 0 radical (unpaired) electrons. The van der Waals surface area contributed by atoms with Gasteiger partial charge in [0.05, 0.1) is 24.9 Å². The quantitative estimate of drug-likeness (QED) is 0.141. The van der Waals surface area contributed by atoms with Crippen molar-refractivity contribution in [3.05, 3.63) is 89.1 Å². The summed E-state index contributed by atoms with van der Waals surface area (Å²) in [5, 5.41) is 11.8. The lowest BCUT2D eigenvalue weighted by molar-refractivity contribution is -0.116. The predicted molar refractivity (Wildman–Crippen MR) is 160 cm³/mol. The molecule has 11 heteroatoms. The van der Waals surface area contributed by atoms with Gasteiger partial charge in [0.1, 0.15) is 11.5 Å². The molecule has 9 nitrogen and oxygen atoms in total. The van der Waals surface area contributed by atoms with Crippen molar-refractivity contribution < 1.29 is 22.8 Å². The number of aromatic amines is 1. The van der Waals surface area contributed by atoms with E-state index in [9.17, 15) is 9.36 Å². The fourth-order valence-electron chi connectivity index (χ4n) is 4.47. The maximum absolute atomic E-state index is 12.9. The van der Waals surface area contributed by atoms with Crippen molar-refractivity contribution in [1.29, 1.82) is 0 Å². The van der Waals surface area contributed by atoms with Crippen LogP contribution in [-0.4, -0.2) is 34.3 Å². The SMILES string of the molecule is CCOP(=O)(Cc1ccc(NC(=O)CCc2oc(-c3n[nH]c4ccccc34)nc2-c2ccc(Cl)cc2)cc1)OCC. The van der Waals surface area contributed by atoms with Crippen molar-refractivity contribution in [2.45, 2.75) is 32.9 Å². The van der Waals surface area contributed by atoms with E-state index in [1.807, 2.05) is 36.4 Å². The van der Waals surface area contributed by atoms with Gasteiger partial charge in [-0.2, -0.15) is 5.10 Å². The molecule has 0 aliphatic heterocycles. The Labute approximate surface area is 242 Å². The number of benzene rings is 3. The zero-order valence-electron chi connectivity index (χ0n) is 22.7. The molecule has 212 valence electrons. The molecule has 2 heterocycles. The Bertz CT molecular complexity index is 1670. The molecule has 0 saturated carbocycles. The Kier molecular flexibility index (Phi) is 9.00. The molecule has 0 aliphatic rings. The molecule has 0 saturated heterocycles. The van der Waals surface area contributed by atoms with Crippen LogP contribution in [0.25, 0.3) is 33.7 Å². The summed E-state index contributed by atoms with van der Waals surface area (Å²) in [5.41, 5.74) is 4.35. The van der Waals surface area contributed by atoms with E-state index < -0.39 is 7.60 Å². The molecule has 0 spiro atoms. The number of aryl methyl sites for hydroxylation is 1. The molecule has 0 unspecified atom stereocenters. The molecule has 1 amide bonds. The van der Waals surface area contributed by atoms with Crippen LogP contribution in [0.4, 0.5) is 5.69 Å². The standard InChI is InChI=1S/C30H30ClN4O5P/c1-3-38-41(37,39-4-2)19-20-9-15-23(16-10-20)32-27(36)18-17-26-28(21-11-13-22(31)14-12-21)33-30(40-26)29-24-7-5-6-8-25(24)34-35-29/h5-16H,3-4,17-19H2,1-2H3,(H,32,36)(H,34,35). The molecule has 5 rings (SSSR count). The van der Waals surface area contributed by atoms with Crippen molar-refractivity contribution in [3.8, 4) is 22.8 Å². The molecule has 0 atom stereocenters. The molecule has 0 fully saturated rings. The molecule has 41 heavy (non-hydrogen) atoms. The summed E-state index contributed by atoms with van der Waals surface area (Å²) in [6, 6.07) is 22.2. The van der Waals surface area contributed by atoms with Crippen molar-refractivity contribution in [3.63, 3.8) is 0 Å². The van der Waals surface area contributed by atoms with E-state index in [-0.39, 0.29) is 18.5 Å². The first-order chi connectivity index (χ1) is 19.9. The summed E-state index contributed by atoms with van der Waals surface area (Å²) in [4.78, 5) is 17.6. The smallest absolute Gasteiger partial charge is 0.335 e. The highest BCUT2D eigenvalue weighted by atomic mass is 35.5. The van der Waals surface area contributed by atoms with Crippen LogP contribution in [0.5, 0.6) is 0 Å². The van der Waals surface area contributed by atoms with E-state index >= 15 is 0 Å². The number of aromatic nitrogens is 3. The van der Waals surface area contributed by atoms with Gasteiger partial charge in [-0.15, -0.1) is 0 Å². The molecule has 0 aliphatic carbocycles. The number of para-hydroxylation sites is 1. The number of hydrogen-bond acceptors (Lipinski definition) is 7. The Hall–Kier alpha value is -3.75. The lowest BCUT2D eigenvalue weighted by atomic mass is 10.1. The topological polar surface area (TPSA) is 119 Å². The minimum Gasteiger partial charge on any atom is -0.439 e. The Morgan fingerprint density at radius 1 is 0.976 bits per heavy atom. The molecule has 2 aromatic heterocycles. The lowest BCUT2D eigenvalue weighted by Gasteiger charge is -2.17. The molecular weight excluding hydrogens is 563 g/mol. The van der Waals surface area contributed by atoms with Crippen LogP contribution < -0.4 is 5.32 Å². The number of carbonyl (C=O) groups excluding carboxylic acids is 1. The monoisotopic (exact) mass is 592 g/mol. The van der Waals surface area contributed by atoms with E-state index in [0.29, 0.717) is 53.4 Å². The van der Waals surface area contributed by atoms with Crippen LogP contribution in [0, 0.1) is 0 Å². The molecule has 3 aromatic carbocycles. The zero-order valence-corrected chi connectivity index (χ0v) is 24.4. The van der Waals surface area contributed by atoms with Gasteiger partial charge in [-0.25, -0.2) is 4.98 Å². The van der Waals surface area contributed by atoms with Gasteiger partial charge in [0.2, 0.25) is 11.8 Å². The predicted octanol–water partition coefficient (Wildman–Crippen LogP) is 7.88. The third kappa shape index (κ3) is 6.94. The van der Waals surface area contributed by atoms with Gasteiger partial charge >= 0.3 is 7.60 Å². The van der Waals surface area contributed by atoms with Crippen molar-refractivity contribution >= 4 is 41.7 Å². The molecule has 2 N–H and O–H groups in total. The average molecular weight is 593 g/mol. The van der Waals surface area contributed by atoms with E-state index in [0.717, 1.165) is 22.0 Å². The summed E-state index contributed by atoms with van der Waals surface area (Å²) in [7, 11) is -3.21. The third-order valence-electron chi connectivity index (χ3n) is 6.33. The van der Waals surface area contributed by atoms with Crippen LogP contribution in [-0.2, 0) is 31.0 Å². The lowest BCUT2D eigenvalue weighted by Crippen LogP contribution is -2.12. The number of fused-ring (bicyclic) bond motifs is 1.